The summed E-state index contributed by atoms with van der Waals surface area (Å²) < 4.78 is 0. The molecule has 0 aliphatic heterocycles. The lowest BCUT2D eigenvalue weighted by molar-refractivity contribution is 0.262. The third-order valence-electron chi connectivity index (χ3n) is 2.07. The van der Waals surface area contributed by atoms with Crippen LogP contribution in [0.2, 0.25) is 0 Å². The minimum atomic E-state index is 0.406. The quantitative estimate of drug-likeness (QED) is 0.573. The van der Waals surface area contributed by atoms with Crippen LogP contribution in [-0.2, 0) is 0 Å². The van der Waals surface area contributed by atoms with Crippen molar-refractivity contribution in [3.05, 3.63) is 0 Å². The van der Waals surface area contributed by atoms with E-state index in [-0.39, 0.29) is 0 Å². The molecule has 0 radical (unpaired) electrons. The molecule has 1 nitrogen and oxygen atoms in total. The van der Waals surface area contributed by atoms with E-state index >= 15 is 0 Å². The summed E-state index contributed by atoms with van der Waals surface area (Å²) in [6, 6.07) is 0. The van der Waals surface area contributed by atoms with Crippen LogP contribution in [-0.4, -0.2) is 11.7 Å². The van der Waals surface area contributed by atoms with Crippen molar-refractivity contribution in [1.82, 2.24) is 0 Å². The van der Waals surface area contributed by atoms with E-state index in [1.54, 1.807) is 0 Å². The molecule has 1 aliphatic rings. The molecule has 0 heterocycles. The van der Waals surface area contributed by atoms with Crippen molar-refractivity contribution in [3.8, 4) is 0 Å². The maximum absolute atomic E-state index is 8.63. The van der Waals surface area contributed by atoms with Crippen molar-refractivity contribution in [1.29, 1.82) is 0 Å². The van der Waals surface area contributed by atoms with E-state index in [0.29, 0.717) is 12.5 Å². The molecule has 0 unspecified atom stereocenters. The second-order valence-electron chi connectivity index (χ2n) is 3.09. The Balaban J connectivity index is 2.16. The second kappa shape index (κ2) is 2.06. The van der Waals surface area contributed by atoms with E-state index in [1.165, 1.54) is 6.42 Å². The molecule has 1 heteroatoms. The van der Waals surface area contributed by atoms with Crippen molar-refractivity contribution < 1.29 is 5.11 Å². The van der Waals surface area contributed by atoms with Crippen LogP contribution in [0.4, 0.5) is 0 Å². The Morgan fingerprint density at radius 3 is 2.38 bits per heavy atom. The average molecular weight is 114 g/mol. The first-order valence-electron chi connectivity index (χ1n) is 3.36. The molecule has 0 spiro atoms. The predicted octanol–water partition coefficient (Wildman–Crippen LogP) is 1.27. The summed E-state index contributed by atoms with van der Waals surface area (Å²) in [6.45, 7) is 4.85. The lowest BCUT2D eigenvalue weighted by Gasteiger charge is -1.98. The van der Waals surface area contributed by atoms with Crippen LogP contribution in [0.3, 0.4) is 0 Å². The van der Waals surface area contributed by atoms with Crippen LogP contribution in [0, 0.1) is 17.8 Å². The van der Waals surface area contributed by atoms with Crippen molar-refractivity contribution in [2.45, 2.75) is 20.3 Å². The van der Waals surface area contributed by atoms with Crippen LogP contribution in [0.1, 0.15) is 20.3 Å². The van der Waals surface area contributed by atoms with Gasteiger partial charge in [0.15, 0.2) is 0 Å². The van der Waals surface area contributed by atoms with Gasteiger partial charge in [-0.25, -0.2) is 0 Å². The fourth-order valence-corrected chi connectivity index (χ4v) is 1.30. The molecule has 0 aromatic heterocycles. The molecule has 1 rings (SSSR count). The molecule has 1 fully saturated rings. The molecule has 48 valence electrons. The molecule has 0 saturated heterocycles. The molecule has 0 aromatic carbocycles. The zero-order chi connectivity index (χ0) is 6.15. The van der Waals surface area contributed by atoms with Crippen LogP contribution >= 0.6 is 0 Å². The average Bonchev–Trinajstić information content (AvgIpc) is 2.42. The van der Waals surface area contributed by atoms with Gasteiger partial charge in [-0.15, -0.1) is 0 Å². The number of rotatable bonds is 2. The zero-order valence-corrected chi connectivity index (χ0v) is 5.59. The van der Waals surface area contributed by atoms with Crippen molar-refractivity contribution in [2.75, 3.05) is 6.61 Å². The van der Waals surface area contributed by atoms with E-state index in [1.807, 2.05) is 0 Å². The lowest BCUT2D eigenvalue weighted by Crippen LogP contribution is -1.95. The standard InChI is InChI=1S/C7H14O/c1-5(2)7-3-6(7)4-8/h5-8H,3-4H2,1-2H3/t6-,7-/m1/s1. The van der Waals surface area contributed by atoms with E-state index in [2.05, 4.69) is 13.8 Å². The van der Waals surface area contributed by atoms with E-state index in [4.69, 9.17) is 5.11 Å². The Labute approximate surface area is 50.7 Å². The Morgan fingerprint density at radius 2 is 2.25 bits per heavy atom. The second-order valence-corrected chi connectivity index (χ2v) is 3.09. The van der Waals surface area contributed by atoms with E-state index < -0.39 is 0 Å². The van der Waals surface area contributed by atoms with Gasteiger partial charge in [-0.3, -0.25) is 0 Å². The molecule has 0 bridgehead atoms. The predicted molar refractivity (Wildman–Crippen MR) is 33.5 cm³/mol. The number of hydrogen-bond acceptors (Lipinski definition) is 1. The third-order valence-corrected chi connectivity index (χ3v) is 2.07. The van der Waals surface area contributed by atoms with Gasteiger partial charge in [0.25, 0.3) is 0 Å². The summed E-state index contributed by atoms with van der Waals surface area (Å²) in [5.41, 5.74) is 0. The van der Waals surface area contributed by atoms with Gasteiger partial charge in [0.05, 0.1) is 0 Å². The van der Waals surface area contributed by atoms with Crippen molar-refractivity contribution in [3.63, 3.8) is 0 Å². The molecule has 1 N–H and O–H groups in total. The fourth-order valence-electron chi connectivity index (χ4n) is 1.30. The molecule has 1 aliphatic carbocycles. The highest BCUT2D eigenvalue weighted by Gasteiger charge is 2.38. The summed E-state index contributed by atoms with van der Waals surface area (Å²) in [6.07, 6.45) is 1.26. The highest BCUT2D eigenvalue weighted by Crippen LogP contribution is 2.43. The first-order chi connectivity index (χ1) is 3.75. The Bertz CT molecular complexity index is 78.5. The van der Waals surface area contributed by atoms with Gasteiger partial charge in [-0.05, 0) is 24.2 Å². The minimum Gasteiger partial charge on any atom is -0.396 e. The summed E-state index contributed by atoms with van der Waals surface area (Å²) in [5, 5.41) is 8.63. The first-order valence-corrected chi connectivity index (χ1v) is 3.36. The number of aliphatic hydroxyl groups is 1. The summed E-state index contributed by atoms with van der Waals surface area (Å²) in [7, 11) is 0. The SMILES string of the molecule is CC(C)[C@H]1C[C@@H]1CO. The number of hydrogen-bond donors (Lipinski definition) is 1. The Morgan fingerprint density at radius 1 is 1.62 bits per heavy atom. The van der Waals surface area contributed by atoms with Gasteiger partial charge in [-0.2, -0.15) is 0 Å². The maximum atomic E-state index is 8.63. The minimum absolute atomic E-state index is 0.406. The van der Waals surface area contributed by atoms with Gasteiger partial charge in [0.2, 0.25) is 0 Å². The molecular weight excluding hydrogens is 100 g/mol. The van der Waals surface area contributed by atoms with Crippen LogP contribution in [0.25, 0.3) is 0 Å². The molecule has 1 saturated carbocycles. The third kappa shape index (κ3) is 1.03. The van der Waals surface area contributed by atoms with Crippen LogP contribution in [0.15, 0.2) is 0 Å². The van der Waals surface area contributed by atoms with Crippen LogP contribution < -0.4 is 0 Å². The maximum Gasteiger partial charge on any atom is 0.0462 e. The number of aliphatic hydroxyl groups excluding tert-OH is 1. The van der Waals surface area contributed by atoms with Crippen molar-refractivity contribution >= 4 is 0 Å². The topological polar surface area (TPSA) is 20.2 Å². The normalized spacial score (nSPS) is 36.0. The molecule has 0 aromatic rings. The smallest absolute Gasteiger partial charge is 0.0462 e. The monoisotopic (exact) mass is 114 g/mol. The van der Waals surface area contributed by atoms with Crippen LogP contribution in [0.5, 0.6) is 0 Å². The highest BCUT2D eigenvalue weighted by molar-refractivity contribution is 4.87. The Kier molecular flexibility index (Phi) is 1.57. The van der Waals surface area contributed by atoms with Crippen molar-refractivity contribution in [2.24, 2.45) is 17.8 Å². The molecule has 8 heavy (non-hydrogen) atoms. The summed E-state index contributed by atoms with van der Waals surface area (Å²) in [4.78, 5) is 0. The van der Waals surface area contributed by atoms with Gasteiger partial charge in [0, 0.05) is 6.61 Å². The van der Waals surface area contributed by atoms with Gasteiger partial charge in [-0.1, -0.05) is 13.8 Å². The molecule has 0 amide bonds. The van der Waals surface area contributed by atoms with E-state index in [9.17, 15) is 0 Å². The van der Waals surface area contributed by atoms with Gasteiger partial charge in [0.1, 0.15) is 0 Å². The molecule has 2 atom stereocenters. The zero-order valence-electron chi connectivity index (χ0n) is 5.59. The first kappa shape index (κ1) is 6.09. The highest BCUT2D eigenvalue weighted by atomic mass is 16.3. The Hall–Kier alpha value is -0.0400. The largest absolute Gasteiger partial charge is 0.396 e. The van der Waals surface area contributed by atoms with Gasteiger partial charge >= 0.3 is 0 Å². The van der Waals surface area contributed by atoms with E-state index in [0.717, 1.165) is 11.8 Å². The molecular formula is C7H14O. The lowest BCUT2D eigenvalue weighted by atomic mass is 10.1. The summed E-state index contributed by atoms with van der Waals surface area (Å²) >= 11 is 0. The summed E-state index contributed by atoms with van der Waals surface area (Å²) in [5.74, 6) is 2.27. The fraction of sp³-hybridized carbons (Fsp3) is 1.00. The van der Waals surface area contributed by atoms with Gasteiger partial charge < -0.3 is 5.11 Å².